The number of benzene rings is 1. The van der Waals surface area contributed by atoms with E-state index < -0.39 is 5.24 Å². The van der Waals surface area contributed by atoms with Crippen LogP contribution in [0.1, 0.15) is 5.56 Å². The van der Waals surface area contributed by atoms with Crippen LogP contribution < -0.4 is 4.90 Å². The van der Waals surface area contributed by atoms with Crippen LogP contribution in [0.3, 0.4) is 0 Å². The molecule has 64 valence electrons. The summed E-state index contributed by atoms with van der Waals surface area (Å²) in [5.41, 5.74) is 1.82. The van der Waals surface area contributed by atoms with E-state index in [1.807, 2.05) is 31.2 Å². The lowest BCUT2D eigenvalue weighted by molar-refractivity contribution is 0.800. The standard InChI is InChI=1S/C9H10FNS/c1-7-5-3-4-6-8(7)11(2)9(10)12/h3-6H,1-2H3. The third-order valence-electron chi connectivity index (χ3n) is 1.74. The Labute approximate surface area is 76.8 Å². The number of halogens is 1. The van der Waals surface area contributed by atoms with Crippen LogP contribution in [0.25, 0.3) is 0 Å². The van der Waals surface area contributed by atoms with E-state index in [-0.39, 0.29) is 0 Å². The predicted molar refractivity (Wildman–Crippen MR) is 53.3 cm³/mol. The average molecular weight is 183 g/mol. The van der Waals surface area contributed by atoms with Crippen molar-refractivity contribution in [2.75, 3.05) is 11.9 Å². The summed E-state index contributed by atoms with van der Waals surface area (Å²) in [6.07, 6.45) is 0. The molecule has 0 aromatic heterocycles. The van der Waals surface area contributed by atoms with Crippen LogP contribution in [0.5, 0.6) is 0 Å². The van der Waals surface area contributed by atoms with Gasteiger partial charge in [0.2, 0.25) is 0 Å². The van der Waals surface area contributed by atoms with Crippen LogP contribution in [0.4, 0.5) is 10.1 Å². The topological polar surface area (TPSA) is 3.24 Å². The average Bonchev–Trinajstić information content (AvgIpc) is 2.04. The second-order valence-corrected chi connectivity index (χ2v) is 2.94. The van der Waals surface area contributed by atoms with Crippen LogP contribution >= 0.6 is 12.2 Å². The van der Waals surface area contributed by atoms with Crippen LogP contribution in [-0.4, -0.2) is 12.3 Å². The summed E-state index contributed by atoms with van der Waals surface area (Å²) in [6.45, 7) is 1.92. The first kappa shape index (κ1) is 9.13. The van der Waals surface area contributed by atoms with E-state index >= 15 is 0 Å². The highest BCUT2D eigenvalue weighted by Gasteiger charge is 2.06. The molecule has 1 rings (SSSR count). The SMILES string of the molecule is Cc1ccccc1N(C)C(F)=S. The highest BCUT2D eigenvalue weighted by molar-refractivity contribution is 7.80. The Morgan fingerprint density at radius 2 is 2.00 bits per heavy atom. The molecule has 3 heteroatoms. The number of hydrogen-bond donors (Lipinski definition) is 0. The summed E-state index contributed by atoms with van der Waals surface area (Å²) >= 11 is 4.42. The Morgan fingerprint density at radius 3 is 2.50 bits per heavy atom. The van der Waals surface area contributed by atoms with Crippen LogP contribution in [0, 0.1) is 6.92 Å². The molecule has 0 aliphatic rings. The van der Waals surface area contributed by atoms with Crippen LogP contribution in [0.2, 0.25) is 0 Å². The van der Waals surface area contributed by atoms with Gasteiger partial charge in [-0.15, -0.1) is 0 Å². The molecule has 0 amide bonds. The van der Waals surface area contributed by atoms with Gasteiger partial charge in [0.05, 0.1) is 0 Å². The molecule has 0 fully saturated rings. The predicted octanol–water partition coefficient (Wildman–Crippen LogP) is 2.69. The van der Waals surface area contributed by atoms with Crippen molar-refractivity contribution in [3.05, 3.63) is 29.8 Å². The van der Waals surface area contributed by atoms with Gasteiger partial charge in [0, 0.05) is 12.7 Å². The van der Waals surface area contributed by atoms with E-state index in [0.29, 0.717) is 0 Å². The zero-order chi connectivity index (χ0) is 9.14. The minimum atomic E-state index is -0.607. The van der Waals surface area contributed by atoms with Crippen LogP contribution in [-0.2, 0) is 0 Å². The monoisotopic (exact) mass is 183 g/mol. The first-order valence-corrected chi connectivity index (χ1v) is 4.02. The number of nitrogens with zero attached hydrogens (tertiary/aromatic N) is 1. The molecule has 1 nitrogen and oxygen atoms in total. The fourth-order valence-electron chi connectivity index (χ4n) is 1.03. The summed E-state index contributed by atoms with van der Waals surface area (Å²) in [7, 11) is 1.62. The number of aryl methyl sites for hydroxylation is 1. The van der Waals surface area contributed by atoms with E-state index in [1.54, 1.807) is 7.05 Å². The lowest BCUT2D eigenvalue weighted by Crippen LogP contribution is -2.20. The molecule has 1 aromatic carbocycles. The molecule has 1 aromatic rings. The van der Waals surface area contributed by atoms with Crippen molar-refractivity contribution in [3.63, 3.8) is 0 Å². The van der Waals surface area contributed by atoms with Gasteiger partial charge in [0.1, 0.15) is 0 Å². The Bertz CT molecular complexity index is 298. The van der Waals surface area contributed by atoms with Crippen LogP contribution in [0.15, 0.2) is 24.3 Å². The smallest absolute Gasteiger partial charge is 0.259 e. The molecule has 0 aliphatic carbocycles. The second-order valence-electron chi connectivity index (χ2n) is 2.60. The van der Waals surface area contributed by atoms with Crippen molar-refractivity contribution < 1.29 is 4.39 Å². The molecule has 0 aliphatic heterocycles. The van der Waals surface area contributed by atoms with Crippen molar-refractivity contribution in [1.29, 1.82) is 0 Å². The molecule has 0 unspecified atom stereocenters. The summed E-state index contributed by atoms with van der Waals surface area (Å²) in [6, 6.07) is 7.52. The summed E-state index contributed by atoms with van der Waals surface area (Å²) in [5.74, 6) is 0. The number of rotatable bonds is 1. The molecule has 0 saturated carbocycles. The maximum absolute atomic E-state index is 12.6. The van der Waals surface area contributed by atoms with E-state index in [0.717, 1.165) is 11.3 Å². The molecule has 0 N–H and O–H groups in total. The Balaban J connectivity index is 3.02. The summed E-state index contributed by atoms with van der Waals surface area (Å²) < 4.78 is 12.6. The van der Waals surface area contributed by atoms with Gasteiger partial charge in [-0.3, -0.25) is 0 Å². The normalized spacial score (nSPS) is 9.58. The minimum Gasteiger partial charge on any atom is -0.312 e. The van der Waals surface area contributed by atoms with Crippen molar-refractivity contribution in [2.24, 2.45) is 0 Å². The molecule has 0 heterocycles. The third-order valence-corrected chi connectivity index (χ3v) is 2.01. The molecule has 0 atom stereocenters. The lowest BCUT2D eigenvalue weighted by atomic mass is 10.2. The molecule has 12 heavy (non-hydrogen) atoms. The van der Waals surface area contributed by atoms with E-state index in [4.69, 9.17) is 0 Å². The Hall–Kier alpha value is -0.960. The van der Waals surface area contributed by atoms with E-state index in [9.17, 15) is 4.39 Å². The highest BCUT2D eigenvalue weighted by Crippen LogP contribution is 2.18. The maximum Gasteiger partial charge on any atom is 0.259 e. The fourth-order valence-corrected chi connectivity index (χ4v) is 1.13. The number of hydrogen-bond acceptors (Lipinski definition) is 1. The first-order valence-electron chi connectivity index (χ1n) is 3.61. The maximum atomic E-state index is 12.6. The molecule has 0 bridgehead atoms. The minimum absolute atomic E-state index is 0.607. The van der Waals surface area contributed by atoms with Gasteiger partial charge in [-0.25, -0.2) is 0 Å². The molecule has 0 spiro atoms. The van der Waals surface area contributed by atoms with E-state index in [1.165, 1.54) is 4.90 Å². The molecule has 0 saturated heterocycles. The highest BCUT2D eigenvalue weighted by atomic mass is 32.1. The summed E-state index contributed by atoms with van der Waals surface area (Å²) in [5, 5.41) is -0.607. The van der Waals surface area contributed by atoms with Crippen molar-refractivity contribution in [3.8, 4) is 0 Å². The van der Waals surface area contributed by atoms with Gasteiger partial charge >= 0.3 is 0 Å². The van der Waals surface area contributed by atoms with E-state index in [2.05, 4.69) is 12.2 Å². The molecule has 0 radical (unpaired) electrons. The zero-order valence-corrected chi connectivity index (χ0v) is 7.86. The number of para-hydroxylation sites is 1. The fraction of sp³-hybridized carbons (Fsp3) is 0.222. The molecular formula is C9H10FNS. The summed E-state index contributed by atoms with van der Waals surface area (Å²) in [4.78, 5) is 1.35. The van der Waals surface area contributed by atoms with Gasteiger partial charge in [0.25, 0.3) is 5.24 Å². The van der Waals surface area contributed by atoms with Crippen molar-refractivity contribution in [2.45, 2.75) is 6.92 Å². The number of anilines is 1. The van der Waals surface area contributed by atoms with Gasteiger partial charge < -0.3 is 4.90 Å². The largest absolute Gasteiger partial charge is 0.312 e. The lowest BCUT2D eigenvalue weighted by Gasteiger charge is -2.16. The van der Waals surface area contributed by atoms with Gasteiger partial charge in [-0.05, 0) is 30.8 Å². The zero-order valence-electron chi connectivity index (χ0n) is 7.04. The van der Waals surface area contributed by atoms with Gasteiger partial charge in [-0.2, -0.15) is 4.39 Å². The third kappa shape index (κ3) is 1.80. The van der Waals surface area contributed by atoms with Crippen molar-refractivity contribution >= 4 is 23.1 Å². The quantitative estimate of drug-likeness (QED) is 0.374. The second kappa shape index (κ2) is 3.63. The molecular weight excluding hydrogens is 173 g/mol. The Morgan fingerprint density at radius 1 is 1.42 bits per heavy atom. The first-order chi connectivity index (χ1) is 5.63. The van der Waals surface area contributed by atoms with Gasteiger partial charge in [-0.1, -0.05) is 18.2 Å². The van der Waals surface area contributed by atoms with Crippen molar-refractivity contribution in [1.82, 2.24) is 0 Å². The number of thiocarbonyl (C=S) groups is 1. The van der Waals surface area contributed by atoms with Gasteiger partial charge in [0.15, 0.2) is 0 Å². The Kier molecular flexibility index (Phi) is 2.76.